The van der Waals surface area contributed by atoms with Crippen LogP contribution in [0, 0.1) is 11.7 Å². The monoisotopic (exact) mass is 564 g/mol. The number of carbonyl (C=O) groups excluding carboxylic acids is 1. The van der Waals surface area contributed by atoms with E-state index in [9.17, 15) is 15.0 Å². The molecule has 0 saturated carbocycles. The Morgan fingerprint density at radius 3 is 2.88 bits per heavy atom. The number of hydrogen-bond acceptors (Lipinski definition) is 9. The second-order valence-corrected chi connectivity index (χ2v) is 11.1. The largest absolute Gasteiger partial charge is 0.870 e. The summed E-state index contributed by atoms with van der Waals surface area (Å²) in [6, 6.07) is 12.3. The van der Waals surface area contributed by atoms with E-state index in [-0.39, 0.29) is 11.1 Å². The molecule has 6 rings (SSSR count). The maximum Gasteiger partial charge on any atom is 0.510 e. The molecule has 1 fully saturated rings. The number of aromatic nitrogens is 1. The van der Waals surface area contributed by atoms with Crippen LogP contribution in [0.15, 0.2) is 52.5 Å². The van der Waals surface area contributed by atoms with Crippen LogP contribution < -0.4 is 24.7 Å². The molecule has 9 nitrogen and oxygen atoms in total. The fourth-order valence-corrected chi connectivity index (χ4v) is 6.61. The van der Waals surface area contributed by atoms with Gasteiger partial charge in [-0.05, 0) is 69.5 Å². The summed E-state index contributed by atoms with van der Waals surface area (Å²) in [5.74, 6) is -0.841. The topological polar surface area (TPSA) is 112 Å². The average Bonchev–Trinajstić information content (AvgIpc) is 3.13. The van der Waals surface area contributed by atoms with Crippen molar-refractivity contribution >= 4 is 23.8 Å². The van der Waals surface area contributed by atoms with E-state index < -0.39 is 36.6 Å². The number of ether oxygens (including phenoxy) is 3. The van der Waals surface area contributed by atoms with Crippen LogP contribution in [0.3, 0.4) is 0 Å². The van der Waals surface area contributed by atoms with Crippen molar-refractivity contribution in [2.75, 3.05) is 20.4 Å². The van der Waals surface area contributed by atoms with E-state index in [0.717, 1.165) is 35.1 Å². The van der Waals surface area contributed by atoms with Gasteiger partial charge in [-0.2, -0.15) is 0 Å². The highest BCUT2D eigenvalue weighted by molar-refractivity contribution is 7.98. The summed E-state index contributed by atoms with van der Waals surface area (Å²) < 4.78 is 31.3. The molecule has 4 heterocycles. The first kappa shape index (κ1) is 26.2. The second-order valence-electron chi connectivity index (χ2n) is 10.1. The van der Waals surface area contributed by atoms with Crippen molar-refractivity contribution in [1.82, 2.24) is 4.90 Å². The van der Waals surface area contributed by atoms with Gasteiger partial charge in [0, 0.05) is 29.1 Å². The lowest BCUT2D eigenvalue weighted by Crippen LogP contribution is -2.57. The predicted octanol–water partition coefficient (Wildman–Crippen LogP) is 2.70. The highest BCUT2D eigenvalue weighted by Crippen LogP contribution is 2.39. The maximum atomic E-state index is 15.1. The molecule has 0 amide bonds. The van der Waals surface area contributed by atoms with Crippen LogP contribution in [0.25, 0.3) is 17.1 Å². The molecule has 2 atom stereocenters. The lowest BCUT2D eigenvalue weighted by Gasteiger charge is -2.40. The van der Waals surface area contributed by atoms with Gasteiger partial charge in [0.1, 0.15) is 5.82 Å². The molecule has 3 aliphatic rings. The van der Waals surface area contributed by atoms with Crippen LogP contribution in [0.1, 0.15) is 36.5 Å². The van der Waals surface area contributed by atoms with Crippen molar-refractivity contribution in [3.63, 3.8) is 0 Å². The number of fused-ring (bicyclic) bond motifs is 4. The van der Waals surface area contributed by atoms with Crippen molar-refractivity contribution in [2.24, 2.45) is 11.0 Å². The van der Waals surface area contributed by atoms with Gasteiger partial charge in [-0.15, -0.1) is 11.8 Å². The first-order valence-electron chi connectivity index (χ1n) is 13.0. The van der Waals surface area contributed by atoms with Gasteiger partial charge in [-0.25, -0.2) is 9.18 Å². The van der Waals surface area contributed by atoms with Crippen LogP contribution in [0.4, 0.5) is 9.18 Å². The van der Waals surface area contributed by atoms with E-state index in [4.69, 9.17) is 14.6 Å². The van der Waals surface area contributed by atoms with Gasteiger partial charge in [-0.1, -0.05) is 30.9 Å². The van der Waals surface area contributed by atoms with E-state index in [0.29, 0.717) is 42.3 Å². The number of rotatable bonds is 4. The standard InChI is InChI=1S/C29H27FN3O6S/c1-16-7-8-32-25(9-16)31-33-22(13-23(34)27(26(33)28(32)35)38-15-39-29(36)37-2)21-12-19(30)10-18-14-40-24-6-4-3-5-17(24)11-20(18)21/h3-6,10,12-13,16,25H,7-9,11,14-15H2,1-2H3/q-1/t16-,25+/m1/s1. The third-order valence-corrected chi connectivity index (χ3v) is 8.71. The van der Waals surface area contributed by atoms with Gasteiger partial charge in [0.2, 0.25) is 12.5 Å². The van der Waals surface area contributed by atoms with Gasteiger partial charge in [-0.3, -0.25) is 0 Å². The molecule has 0 bridgehead atoms. The van der Waals surface area contributed by atoms with Crippen LogP contribution >= 0.6 is 11.8 Å². The quantitative estimate of drug-likeness (QED) is 0.270. The fraction of sp³-hybridized carbons (Fsp3) is 0.345. The van der Waals surface area contributed by atoms with Crippen LogP contribution in [-0.4, -0.2) is 37.7 Å². The molecular weight excluding hydrogens is 537 g/mol. The molecule has 3 aliphatic heterocycles. The van der Waals surface area contributed by atoms with E-state index in [1.165, 1.54) is 22.6 Å². The van der Waals surface area contributed by atoms with E-state index >= 15 is 4.39 Å². The van der Waals surface area contributed by atoms with Crippen LogP contribution in [-0.2, 0) is 21.6 Å². The molecule has 1 saturated heterocycles. The lowest BCUT2D eigenvalue weighted by atomic mass is 9.93. The molecule has 208 valence electrons. The molecule has 0 radical (unpaired) electrons. The summed E-state index contributed by atoms with van der Waals surface area (Å²) >= 11 is 1.64. The summed E-state index contributed by atoms with van der Waals surface area (Å²) in [7, 11) is 1.15. The van der Waals surface area contributed by atoms with Gasteiger partial charge < -0.3 is 29.3 Å². The van der Waals surface area contributed by atoms with Crippen LogP contribution in [0.5, 0.6) is 11.5 Å². The van der Waals surface area contributed by atoms with Gasteiger partial charge in [0.15, 0.2) is 11.9 Å². The summed E-state index contributed by atoms with van der Waals surface area (Å²) in [6.07, 6.45) is 0.560. The van der Waals surface area contributed by atoms with Crippen molar-refractivity contribution in [2.45, 2.75) is 43.0 Å². The Morgan fingerprint density at radius 2 is 2.05 bits per heavy atom. The fourth-order valence-electron chi connectivity index (χ4n) is 5.54. The lowest BCUT2D eigenvalue weighted by molar-refractivity contribution is -0.569. The van der Waals surface area contributed by atoms with Gasteiger partial charge in [0.05, 0.1) is 12.7 Å². The molecular formula is C29H27FN3O6S-. The second kappa shape index (κ2) is 10.5. The zero-order valence-electron chi connectivity index (χ0n) is 22.0. The molecule has 0 spiro atoms. The number of pyridine rings is 1. The Bertz CT molecular complexity index is 1630. The molecule has 2 aromatic carbocycles. The molecule has 0 N–H and O–H groups in total. The van der Waals surface area contributed by atoms with Crippen LogP contribution in [0.2, 0.25) is 0 Å². The summed E-state index contributed by atoms with van der Waals surface area (Å²) in [6.45, 7) is 1.96. The van der Waals surface area contributed by atoms with Crippen molar-refractivity contribution in [3.8, 4) is 22.8 Å². The first-order valence-corrected chi connectivity index (χ1v) is 14.0. The van der Waals surface area contributed by atoms with E-state index in [1.54, 1.807) is 16.7 Å². The Labute approximate surface area is 234 Å². The number of halogens is 1. The Kier molecular flexibility index (Phi) is 6.91. The SMILES string of the molecule is COC(=O)OCOc1c([O-])cc(-c2cc(F)cc3c2Cc2ccccc2SC3)[n+]2c1=C([O-])N1CC[C@@H](C)C[C@H]1N=2. The average molecular weight is 565 g/mol. The summed E-state index contributed by atoms with van der Waals surface area (Å²) in [4.78, 5) is 14.2. The summed E-state index contributed by atoms with van der Waals surface area (Å²) in [5, 5.41) is 32.2. The minimum Gasteiger partial charge on any atom is -0.870 e. The third kappa shape index (κ3) is 4.68. The molecule has 0 unspecified atom stereocenters. The summed E-state index contributed by atoms with van der Waals surface area (Å²) in [5.41, 5.74) is 3.60. The van der Waals surface area contributed by atoms with E-state index in [2.05, 4.69) is 11.7 Å². The molecule has 11 heteroatoms. The van der Waals surface area contributed by atoms with Crippen molar-refractivity contribution < 1.29 is 38.0 Å². The molecule has 3 aromatic rings. The van der Waals surface area contributed by atoms with Crippen molar-refractivity contribution in [3.05, 3.63) is 70.3 Å². The maximum absolute atomic E-state index is 15.1. The molecule has 40 heavy (non-hydrogen) atoms. The number of methoxy groups -OCH3 is 1. The first-order chi connectivity index (χ1) is 19.3. The smallest absolute Gasteiger partial charge is 0.510 e. The highest BCUT2D eigenvalue weighted by atomic mass is 32.2. The number of benzene rings is 2. The predicted molar refractivity (Wildman–Crippen MR) is 139 cm³/mol. The number of carbonyl (C=O) groups is 1. The van der Waals surface area contributed by atoms with Gasteiger partial charge in [0.25, 0.3) is 5.35 Å². The minimum absolute atomic E-state index is 0.0804. The number of hydrogen-bond donors (Lipinski definition) is 0. The zero-order chi connectivity index (χ0) is 28.0. The number of piperidine rings is 1. The Morgan fingerprint density at radius 1 is 1.23 bits per heavy atom. The number of thioether (sulfide) groups is 1. The normalized spacial score (nSPS) is 19.3. The van der Waals surface area contributed by atoms with E-state index in [1.807, 2.05) is 24.3 Å². The zero-order valence-corrected chi connectivity index (χ0v) is 22.8. The molecule has 1 aromatic heterocycles. The molecule has 0 aliphatic carbocycles. The number of nitrogens with zero attached hydrogens (tertiary/aromatic N) is 3. The minimum atomic E-state index is -0.993. The van der Waals surface area contributed by atoms with Crippen molar-refractivity contribution in [1.29, 1.82) is 0 Å². The highest BCUT2D eigenvalue weighted by Gasteiger charge is 2.35. The van der Waals surface area contributed by atoms with Gasteiger partial charge >= 0.3 is 6.16 Å². The third-order valence-electron chi connectivity index (χ3n) is 7.55. The Hall–Kier alpha value is -3.99. The Balaban J connectivity index is 1.57.